The minimum Gasteiger partial charge on any atom is -0.372 e. The number of nitrogens with zero attached hydrogens (tertiary/aromatic N) is 1. The number of benzene rings is 2. The molecule has 0 bridgehead atoms. The first-order chi connectivity index (χ1) is 11.6. The second kappa shape index (κ2) is 9.13. The average molecular weight is 388 g/mol. The van der Waals surface area contributed by atoms with Gasteiger partial charge in [0.1, 0.15) is 0 Å². The van der Waals surface area contributed by atoms with Crippen molar-refractivity contribution in [1.29, 1.82) is 0 Å². The third-order valence-corrected chi connectivity index (χ3v) is 4.14. The van der Waals surface area contributed by atoms with Crippen LogP contribution in [0.2, 0.25) is 0 Å². The SMILES string of the molecule is CCN(CC)c1ccc(NC(=O)N/C=C/c2ccc(Br)cc2)cc1. The number of anilines is 2. The standard InChI is InChI=1S/C19H22BrN3O/c1-3-23(4-2)18-11-9-17(10-12-18)22-19(24)21-14-13-15-5-7-16(20)8-6-15/h5-14H,3-4H2,1-2H3,(H2,21,22,24)/b14-13+. The fourth-order valence-electron chi connectivity index (χ4n) is 2.30. The Kier molecular flexibility index (Phi) is 6.88. The van der Waals surface area contributed by atoms with Gasteiger partial charge in [-0.15, -0.1) is 0 Å². The number of hydrogen-bond donors (Lipinski definition) is 2. The van der Waals surface area contributed by atoms with Gasteiger partial charge >= 0.3 is 6.03 Å². The van der Waals surface area contributed by atoms with E-state index in [1.165, 1.54) is 0 Å². The first-order valence-electron chi connectivity index (χ1n) is 7.97. The molecule has 0 spiro atoms. The molecule has 0 saturated carbocycles. The Morgan fingerprint density at radius 2 is 1.67 bits per heavy atom. The number of hydrogen-bond acceptors (Lipinski definition) is 2. The van der Waals surface area contributed by atoms with Gasteiger partial charge in [-0.2, -0.15) is 0 Å². The van der Waals surface area contributed by atoms with E-state index in [1.807, 2.05) is 54.6 Å². The Morgan fingerprint density at radius 1 is 1.04 bits per heavy atom. The molecule has 0 unspecified atom stereocenters. The van der Waals surface area contributed by atoms with Crippen molar-refractivity contribution in [2.24, 2.45) is 0 Å². The number of carbonyl (C=O) groups excluding carboxylic acids is 1. The molecule has 2 aromatic rings. The lowest BCUT2D eigenvalue weighted by molar-refractivity contribution is 0.255. The summed E-state index contributed by atoms with van der Waals surface area (Å²) in [5.41, 5.74) is 2.93. The summed E-state index contributed by atoms with van der Waals surface area (Å²) >= 11 is 3.39. The van der Waals surface area contributed by atoms with Crippen LogP contribution < -0.4 is 15.5 Å². The molecule has 0 aliphatic carbocycles. The summed E-state index contributed by atoms with van der Waals surface area (Å²) in [7, 11) is 0. The smallest absolute Gasteiger partial charge is 0.323 e. The largest absolute Gasteiger partial charge is 0.372 e. The predicted octanol–water partition coefficient (Wildman–Crippen LogP) is 5.09. The molecule has 5 heteroatoms. The second-order valence-corrected chi connectivity index (χ2v) is 6.12. The van der Waals surface area contributed by atoms with Crippen LogP contribution in [0.15, 0.2) is 59.2 Å². The van der Waals surface area contributed by atoms with E-state index in [1.54, 1.807) is 6.20 Å². The molecule has 0 radical (unpaired) electrons. The summed E-state index contributed by atoms with van der Waals surface area (Å²) in [6.07, 6.45) is 3.47. The Bertz CT molecular complexity index is 677. The number of carbonyl (C=O) groups is 1. The summed E-state index contributed by atoms with van der Waals surface area (Å²) < 4.78 is 1.03. The summed E-state index contributed by atoms with van der Waals surface area (Å²) in [6.45, 7) is 6.18. The monoisotopic (exact) mass is 387 g/mol. The zero-order valence-corrected chi connectivity index (χ0v) is 15.5. The van der Waals surface area contributed by atoms with Crippen LogP contribution in [0, 0.1) is 0 Å². The molecule has 0 aliphatic rings. The predicted molar refractivity (Wildman–Crippen MR) is 105 cm³/mol. The van der Waals surface area contributed by atoms with Gasteiger partial charge in [-0.05, 0) is 61.9 Å². The maximum absolute atomic E-state index is 11.9. The maximum Gasteiger partial charge on any atom is 0.323 e. The third kappa shape index (κ3) is 5.42. The molecular weight excluding hydrogens is 366 g/mol. The van der Waals surface area contributed by atoms with Crippen molar-refractivity contribution in [2.75, 3.05) is 23.3 Å². The Morgan fingerprint density at radius 3 is 2.25 bits per heavy atom. The van der Waals surface area contributed by atoms with Crippen LogP contribution in [0.5, 0.6) is 0 Å². The van der Waals surface area contributed by atoms with Crippen molar-refractivity contribution in [3.8, 4) is 0 Å². The van der Waals surface area contributed by atoms with Gasteiger partial charge in [-0.3, -0.25) is 0 Å². The second-order valence-electron chi connectivity index (χ2n) is 5.20. The van der Waals surface area contributed by atoms with E-state index in [2.05, 4.69) is 45.3 Å². The molecule has 2 rings (SSSR count). The van der Waals surface area contributed by atoms with Crippen molar-refractivity contribution in [3.63, 3.8) is 0 Å². The Hall–Kier alpha value is -2.27. The lowest BCUT2D eigenvalue weighted by Gasteiger charge is -2.21. The van der Waals surface area contributed by atoms with Gasteiger partial charge in [0.05, 0.1) is 0 Å². The molecule has 2 amide bonds. The van der Waals surface area contributed by atoms with Gasteiger partial charge in [0.15, 0.2) is 0 Å². The van der Waals surface area contributed by atoms with E-state index in [-0.39, 0.29) is 6.03 Å². The highest BCUT2D eigenvalue weighted by Crippen LogP contribution is 2.17. The van der Waals surface area contributed by atoms with Crippen LogP contribution in [0.1, 0.15) is 19.4 Å². The minimum absolute atomic E-state index is 0.265. The van der Waals surface area contributed by atoms with E-state index < -0.39 is 0 Å². The minimum atomic E-state index is -0.265. The van der Waals surface area contributed by atoms with Gasteiger partial charge < -0.3 is 15.5 Å². The molecule has 0 aliphatic heterocycles. The number of nitrogens with one attached hydrogen (secondary N) is 2. The first kappa shape index (κ1) is 18.1. The topological polar surface area (TPSA) is 44.4 Å². The van der Waals surface area contributed by atoms with Crippen LogP contribution in [0.4, 0.5) is 16.2 Å². The molecule has 0 heterocycles. The van der Waals surface area contributed by atoms with E-state index in [9.17, 15) is 4.79 Å². The highest BCUT2D eigenvalue weighted by Gasteiger charge is 2.03. The molecule has 0 saturated heterocycles. The number of rotatable bonds is 6. The lowest BCUT2D eigenvalue weighted by Crippen LogP contribution is -2.24. The van der Waals surface area contributed by atoms with Crippen LogP contribution in [0.3, 0.4) is 0 Å². The molecule has 2 N–H and O–H groups in total. The molecule has 24 heavy (non-hydrogen) atoms. The fraction of sp³-hybridized carbons (Fsp3) is 0.211. The van der Waals surface area contributed by atoms with E-state index >= 15 is 0 Å². The van der Waals surface area contributed by atoms with Gasteiger partial charge in [0.2, 0.25) is 0 Å². The fourth-order valence-corrected chi connectivity index (χ4v) is 2.56. The summed E-state index contributed by atoms with van der Waals surface area (Å²) in [6, 6.07) is 15.4. The Labute approximate surface area is 151 Å². The summed E-state index contributed by atoms with van der Waals surface area (Å²) in [5.74, 6) is 0. The molecule has 126 valence electrons. The Balaban J connectivity index is 1.86. The molecule has 0 fully saturated rings. The zero-order chi connectivity index (χ0) is 17.4. The van der Waals surface area contributed by atoms with Crippen LogP contribution in [0.25, 0.3) is 6.08 Å². The summed E-state index contributed by atoms with van der Waals surface area (Å²) in [4.78, 5) is 14.2. The third-order valence-electron chi connectivity index (χ3n) is 3.61. The molecule has 0 aromatic heterocycles. The number of urea groups is 1. The molecule has 2 aromatic carbocycles. The van der Waals surface area contributed by atoms with Gasteiger partial charge in [0, 0.05) is 35.1 Å². The van der Waals surface area contributed by atoms with Crippen molar-refractivity contribution in [1.82, 2.24) is 5.32 Å². The lowest BCUT2D eigenvalue weighted by atomic mass is 10.2. The maximum atomic E-state index is 11.9. The van der Waals surface area contributed by atoms with Crippen LogP contribution >= 0.6 is 15.9 Å². The van der Waals surface area contributed by atoms with Gasteiger partial charge in [0.25, 0.3) is 0 Å². The zero-order valence-electron chi connectivity index (χ0n) is 13.9. The van der Waals surface area contributed by atoms with Crippen molar-refractivity contribution < 1.29 is 4.79 Å². The average Bonchev–Trinajstić information content (AvgIpc) is 2.59. The quantitative estimate of drug-likeness (QED) is 0.724. The van der Waals surface area contributed by atoms with Crippen molar-refractivity contribution in [3.05, 3.63) is 64.8 Å². The van der Waals surface area contributed by atoms with E-state index in [4.69, 9.17) is 0 Å². The first-order valence-corrected chi connectivity index (χ1v) is 8.76. The number of amides is 2. The van der Waals surface area contributed by atoms with Crippen LogP contribution in [-0.2, 0) is 0 Å². The highest BCUT2D eigenvalue weighted by atomic mass is 79.9. The number of halogens is 1. The van der Waals surface area contributed by atoms with Crippen molar-refractivity contribution in [2.45, 2.75) is 13.8 Å². The molecule has 0 atom stereocenters. The molecular formula is C19H22BrN3O. The van der Waals surface area contributed by atoms with E-state index in [0.29, 0.717) is 0 Å². The normalized spacial score (nSPS) is 10.6. The van der Waals surface area contributed by atoms with Crippen LogP contribution in [-0.4, -0.2) is 19.1 Å². The van der Waals surface area contributed by atoms with Gasteiger partial charge in [-0.1, -0.05) is 28.1 Å². The molecule has 4 nitrogen and oxygen atoms in total. The highest BCUT2D eigenvalue weighted by molar-refractivity contribution is 9.10. The van der Waals surface area contributed by atoms with E-state index in [0.717, 1.165) is 34.5 Å². The van der Waals surface area contributed by atoms with Gasteiger partial charge in [-0.25, -0.2) is 4.79 Å². The summed E-state index contributed by atoms with van der Waals surface area (Å²) in [5, 5.41) is 5.51. The van der Waals surface area contributed by atoms with Crippen molar-refractivity contribution >= 4 is 39.4 Å².